The Hall–Kier alpha value is -0.0900. The van der Waals surface area contributed by atoms with Crippen LogP contribution >= 0.6 is 24.0 Å². The molecule has 0 unspecified atom stereocenters. The molecule has 0 saturated carbocycles. The van der Waals surface area contributed by atoms with Gasteiger partial charge in [0, 0.05) is 32.7 Å². The summed E-state index contributed by atoms with van der Waals surface area (Å²) in [6, 6.07) is 0. The number of nitrogens with one attached hydrogen (secondary N) is 2. The molecular formula is C11H25IN4O2S. The Kier molecular flexibility index (Phi) is 9.71. The first kappa shape index (κ1) is 18.9. The van der Waals surface area contributed by atoms with Crippen LogP contribution in [0.3, 0.4) is 0 Å². The number of nitrogens with zero attached hydrogens (tertiary/aromatic N) is 2. The molecule has 1 fully saturated rings. The van der Waals surface area contributed by atoms with Crippen LogP contribution in [0.1, 0.15) is 26.2 Å². The number of halogens is 1. The molecule has 0 aromatic rings. The first-order valence-corrected chi connectivity index (χ1v) is 8.40. The molecule has 0 atom stereocenters. The highest BCUT2D eigenvalue weighted by Crippen LogP contribution is 2.07. The molecular weight excluding hydrogens is 379 g/mol. The Balaban J connectivity index is 0.00000324. The third-order valence-corrected chi connectivity index (χ3v) is 3.43. The fraction of sp³-hybridized carbons (Fsp3) is 0.909. The van der Waals surface area contributed by atoms with Crippen molar-refractivity contribution in [3.63, 3.8) is 0 Å². The summed E-state index contributed by atoms with van der Waals surface area (Å²) in [5.74, 6) is 0.953. The molecule has 8 heteroatoms. The maximum atomic E-state index is 10.9. The van der Waals surface area contributed by atoms with Gasteiger partial charge >= 0.3 is 0 Å². The topological polar surface area (TPSA) is 73.8 Å². The van der Waals surface area contributed by atoms with Crippen LogP contribution in [0.15, 0.2) is 4.99 Å². The molecule has 0 amide bonds. The van der Waals surface area contributed by atoms with Gasteiger partial charge in [-0.15, -0.1) is 24.0 Å². The zero-order valence-corrected chi connectivity index (χ0v) is 14.8. The van der Waals surface area contributed by atoms with Gasteiger partial charge in [0.2, 0.25) is 10.0 Å². The molecule has 0 bridgehead atoms. The van der Waals surface area contributed by atoms with Gasteiger partial charge in [-0.2, -0.15) is 0 Å². The lowest BCUT2D eigenvalue weighted by Gasteiger charge is -2.20. The average molecular weight is 404 g/mol. The Morgan fingerprint density at radius 1 is 1.32 bits per heavy atom. The van der Waals surface area contributed by atoms with E-state index in [4.69, 9.17) is 0 Å². The monoisotopic (exact) mass is 404 g/mol. The second kappa shape index (κ2) is 9.76. The summed E-state index contributed by atoms with van der Waals surface area (Å²) in [5, 5.41) is 3.27. The first-order chi connectivity index (χ1) is 8.53. The van der Waals surface area contributed by atoms with Gasteiger partial charge in [-0.25, -0.2) is 13.1 Å². The molecule has 1 heterocycles. The first-order valence-electron chi connectivity index (χ1n) is 6.51. The predicted octanol–water partition coefficient (Wildman–Crippen LogP) is 0.605. The Labute approximate surface area is 133 Å². The summed E-state index contributed by atoms with van der Waals surface area (Å²) in [5.41, 5.74) is 0. The van der Waals surface area contributed by atoms with Crippen molar-refractivity contribution in [1.82, 2.24) is 14.9 Å². The lowest BCUT2D eigenvalue weighted by molar-refractivity contribution is 0.493. The lowest BCUT2D eigenvalue weighted by atomic mass is 10.4. The number of guanidine groups is 1. The molecule has 19 heavy (non-hydrogen) atoms. The highest BCUT2D eigenvalue weighted by molar-refractivity contribution is 14.0. The zero-order chi connectivity index (χ0) is 13.4. The van der Waals surface area contributed by atoms with Crippen molar-refractivity contribution >= 4 is 40.0 Å². The van der Waals surface area contributed by atoms with Gasteiger partial charge in [0.05, 0.1) is 6.26 Å². The van der Waals surface area contributed by atoms with Crippen LogP contribution in [-0.2, 0) is 10.0 Å². The summed E-state index contributed by atoms with van der Waals surface area (Å²) in [7, 11) is -3.08. The maximum Gasteiger partial charge on any atom is 0.208 e. The maximum absolute atomic E-state index is 10.9. The molecule has 0 spiro atoms. The fourth-order valence-electron chi connectivity index (χ4n) is 1.88. The number of sulfonamides is 1. The quantitative estimate of drug-likeness (QED) is 0.295. The van der Waals surface area contributed by atoms with Crippen molar-refractivity contribution < 1.29 is 8.42 Å². The summed E-state index contributed by atoms with van der Waals surface area (Å²) in [4.78, 5) is 6.77. The van der Waals surface area contributed by atoms with Gasteiger partial charge in [-0.1, -0.05) is 0 Å². The van der Waals surface area contributed by atoms with Crippen LogP contribution in [0.25, 0.3) is 0 Å². The SMILES string of the molecule is CCNC(=NCCCNS(C)(=O)=O)N1CCCC1.I. The third-order valence-electron chi connectivity index (χ3n) is 2.70. The van der Waals surface area contributed by atoms with Crippen molar-refractivity contribution in [1.29, 1.82) is 0 Å². The minimum atomic E-state index is -3.08. The van der Waals surface area contributed by atoms with Crippen molar-refractivity contribution in [2.45, 2.75) is 26.2 Å². The second-order valence-corrected chi connectivity index (χ2v) is 6.28. The van der Waals surface area contributed by atoms with Crippen molar-refractivity contribution in [3.05, 3.63) is 0 Å². The average Bonchev–Trinajstić information content (AvgIpc) is 2.79. The van der Waals surface area contributed by atoms with E-state index in [9.17, 15) is 8.42 Å². The lowest BCUT2D eigenvalue weighted by Crippen LogP contribution is -2.39. The molecule has 0 radical (unpaired) electrons. The second-order valence-electron chi connectivity index (χ2n) is 4.45. The van der Waals surface area contributed by atoms with E-state index in [1.165, 1.54) is 19.1 Å². The van der Waals surface area contributed by atoms with Crippen LogP contribution in [0.5, 0.6) is 0 Å². The molecule has 2 N–H and O–H groups in total. The molecule has 1 aliphatic heterocycles. The Morgan fingerprint density at radius 3 is 2.47 bits per heavy atom. The summed E-state index contributed by atoms with van der Waals surface area (Å²) < 4.78 is 24.2. The van der Waals surface area contributed by atoms with Crippen molar-refractivity contribution in [3.8, 4) is 0 Å². The van der Waals surface area contributed by atoms with E-state index >= 15 is 0 Å². The van der Waals surface area contributed by atoms with Gasteiger partial charge < -0.3 is 10.2 Å². The van der Waals surface area contributed by atoms with Crippen LogP contribution in [0, 0.1) is 0 Å². The van der Waals surface area contributed by atoms with Crippen LogP contribution in [-0.4, -0.2) is 58.3 Å². The summed E-state index contributed by atoms with van der Waals surface area (Å²) >= 11 is 0. The Morgan fingerprint density at radius 2 is 1.95 bits per heavy atom. The minimum Gasteiger partial charge on any atom is -0.357 e. The van der Waals surface area contributed by atoms with E-state index in [2.05, 4.69) is 26.9 Å². The molecule has 0 aromatic carbocycles. The van der Waals surface area contributed by atoms with E-state index in [1.54, 1.807) is 0 Å². The molecule has 1 aliphatic rings. The smallest absolute Gasteiger partial charge is 0.208 e. The highest BCUT2D eigenvalue weighted by Gasteiger charge is 2.14. The molecule has 114 valence electrons. The molecule has 1 rings (SSSR count). The molecule has 0 aromatic heterocycles. The zero-order valence-electron chi connectivity index (χ0n) is 11.7. The standard InChI is InChI=1S/C11H24N4O2S.HI/c1-3-12-11(15-9-4-5-10-15)13-7-6-8-14-18(2,16)17;/h14H,3-10H2,1-2H3,(H,12,13);1H. The van der Waals surface area contributed by atoms with Gasteiger partial charge in [-0.05, 0) is 26.2 Å². The van der Waals surface area contributed by atoms with E-state index < -0.39 is 10.0 Å². The Bertz CT molecular complexity index is 367. The molecule has 1 saturated heterocycles. The predicted molar refractivity (Wildman–Crippen MR) is 89.7 cm³/mol. The summed E-state index contributed by atoms with van der Waals surface area (Å²) in [6.07, 6.45) is 4.33. The fourth-order valence-corrected chi connectivity index (χ4v) is 2.39. The number of hydrogen-bond acceptors (Lipinski definition) is 3. The van der Waals surface area contributed by atoms with Gasteiger partial charge in [0.25, 0.3) is 0 Å². The normalized spacial score (nSPS) is 16.3. The minimum absolute atomic E-state index is 0. The van der Waals surface area contributed by atoms with Gasteiger partial charge in [0.1, 0.15) is 0 Å². The third kappa shape index (κ3) is 8.64. The van der Waals surface area contributed by atoms with E-state index in [-0.39, 0.29) is 24.0 Å². The largest absolute Gasteiger partial charge is 0.357 e. The van der Waals surface area contributed by atoms with E-state index in [1.807, 2.05) is 0 Å². The molecule has 0 aliphatic carbocycles. The van der Waals surface area contributed by atoms with Gasteiger partial charge in [-0.3, -0.25) is 4.99 Å². The number of hydrogen-bond donors (Lipinski definition) is 2. The number of aliphatic imine (C=N–C) groups is 1. The van der Waals surface area contributed by atoms with E-state index in [0.29, 0.717) is 13.1 Å². The molecule has 6 nitrogen and oxygen atoms in total. The van der Waals surface area contributed by atoms with Crippen molar-refractivity contribution in [2.24, 2.45) is 4.99 Å². The van der Waals surface area contributed by atoms with Crippen LogP contribution in [0.4, 0.5) is 0 Å². The van der Waals surface area contributed by atoms with Crippen LogP contribution < -0.4 is 10.0 Å². The highest BCUT2D eigenvalue weighted by atomic mass is 127. The van der Waals surface area contributed by atoms with E-state index in [0.717, 1.165) is 32.0 Å². The summed E-state index contributed by atoms with van der Waals surface area (Å²) in [6.45, 7) is 6.12. The number of rotatable bonds is 6. The van der Waals surface area contributed by atoms with Crippen molar-refractivity contribution in [2.75, 3.05) is 39.0 Å². The van der Waals surface area contributed by atoms with Gasteiger partial charge in [0.15, 0.2) is 5.96 Å². The number of likely N-dealkylation sites (tertiary alicyclic amines) is 1. The van der Waals surface area contributed by atoms with Crippen LogP contribution in [0.2, 0.25) is 0 Å².